The molecule has 5 aliphatic rings. The molecule has 0 saturated heterocycles. The van der Waals surface area contributed by atoms with E-state index in [4.69, 9.17) is 0 Å². The minimum absolute atomic E-state index is 0.0272. The van der Waals surface area contributed by atoms with E-state index >= 15 is 0 Å². The lowest BCUT2D eigenvalue weighted by atomic mass is 9.43. The number of benzene rings is 4. The first-order chi connectivity index (χ1) is 21.6. The highest BCUT2D eigenvalue weighted by molar-refractivity contribution is 7.85. The predicted octanol–water partition coefficient (Wildman–Crippen LogP) is 7.98. The maximum atomic E-state index is 14.9. The highest BCUT2D eigenvalue weighted by Crippen LogP contribution is 2.69. The van der Waals surface area contributed by atoms with Gasteiger partial charge >= 0.3 is 0 Å². The fourth-order valence-electron chi connectivity index (χ4n) is 9.92. The number of fused-ring (bicyclic) bond motifs is 3. The van der Waals surface area contributed by atoms with Crippen molar-refractivity contribution in [3.8, 4) is 28.3 Å². The Labute approximate surface area is 259 Å². The normalized spacial score (nSPS) is 25.9. The van der Waals surface area contributed by atoms with Crippen molar-refractivity contribution in [3.05, 3.63) is 132 Å². The van der Waals surface area contributed by atoms with Gasteiger partial charge in [-0.15, -0.1) is 0 Å². The van der Waals surface area contributed by atoms with Crippen LogP contribution in [0.5, 0.6) is 0 Å². The van der Waals surface area contributed by atoms with E-state index in [1.54, 1.807) is 0 Å². The largest absolute Gasteiger partial charge is 0.309 e. The van der Waals surface area contributed by atoms with Gasteiger partial charge in [-0.3, -0.25) is 0 Å². The van der Waals surface area contributed by atoms with Crippen LogP contribution in [0, 0.1) is 35.0 Å². The first-order valence-corrected chi connectivity index (χ1v) is 17.7. The summed E-state index contributed by atoms with van der Waals surface area (Å²) in [6.45, 7) is 0. The molecule has 1 heterocycles. The number of hydrogen-bond acceptors (Lipinski definition) is 3. The van der Waals surface area contributed by atoms with Crippen molar-refractivity contribution >= 4 is 23.1 Å². The molecule has 10 rings (SSSR count). The smallest absolute Gasteiger partial charge is 0.171 e. The van der Waals surface area contributed by atoms with Crippen LogP contribution >= 0.6 is 7.14 Å². The van der Waals surface area contributed by atoms with Crippen molar-refractivity contribution < 1.29 is 4.57 Å². The lowest BCUT2D eigenvalue weighted by Gasteiger charge is -2.61. The van der Waals surface area contributed by atoms with Gasteiger partial charge in [-0.25, -0.2) is 4.98 Å². The van der Waals surface area contributed by atoms with Crippen LogP contribution in [0.1, 0.15) is 48.9 Å². The first-order valence-electron chi connectivity index (χ1n) is 16.0. The molecule has 5 aliphatic carbocycles. The molecular formula is C40H33N2OP. The highest BCUT2D eigenvalue weighted by atomic mass is 31.2. The molecule has 0 radical (unpaired) electrons. The zero-order valence-electron chi connectivity index (χ0n) is 24.6. The van der Waals surface area contributed by atoms with E-state index in [-0.39, 0.29) is 5.41 Å². The van der Waals surface area contributed by atoms with Gasteiger partial charge in [0.2, 0.25) is 0 Å². The predicted molar refractivity (Wildman–Crippen MR) is 177 cm³/mol. The number of pyridine rings is 1. The molecule has 0 atom stereocenters. The number of aromatic nitrogens is 1. The second-order valence-electron chi connectivity index (χ2n) is 13.5. The minimum Gasteiger partial charge on any atom is -0.309 e. The van der Waals surface area contributed by atoms with E-state index in [1.807, 2.05) is 78.9 Å². The Morgan fingerprint density at radius 1 is 0.636 bits per heavy atom. The van der Waals surface area contributed by atoms with Gasteiger partial charge in [-0.2, -0.15) is 5.26 Å². The van der Waals surface area contributed by atoms with E-state index in [9.17, 15) is 9.83 Å². The zero-order chi connectivity index (χ0) is 29.5. The summed E-state index contributed by atoms with van der Waals surface area (Å²) >= 11 is 0. The van der Waals surface area contributed by atoms with Crippen LogP contribution in [0.4, 0.5) is 0 Å². The van der Waals surface area contributed by atoms with Crippen molar-refractivity contribution in [2.24, 2.45) is 23.7 Å². The van der Waals surface area contributed by atoms with E-state index in [0.717, 1.165) is 38.9 Å². The molecule has 4 saturated carbocycles. The molecule has 4 aromatic carbocycles. The SMILES string of the molecule is N#Cc1cc2c(cn1)C1(c3ccc(-c4ccc(P(=O)(c5ccccc5)c5ccccc5)cc4)cc3-2)C2CC3CC(C2)CC1C3. The fraction of sp³-hybridized carbons (Fsp3) is 0.250. The summed E-state index contributed by atoms with van der Waals surface area (Å²) in [5.74, 6) is 3.07. The van der Waals surface area contributed by atoms with Crippen LogP contribution < -0.4 is 15.9 Å². The van der Waals surface area contributed by atoms with Gasteiger partial charge in [0.25, 0.3) is 0 Å². The van der Waals surface area contributed by atoms with Crippen LogP contribution in [0.2, 0.25) is 0 Å². The molecule has 4 fully saturated rings. The van der Waals surface area contributed by atoms with Gasteiger partial charge in [0.1, 0.15) is 11.8 Å². The quantitative estimate of drug-likeness (QED) is 0.200. The van der Waals surface area contributed by atoms with Crippen LogP contribution in [-0.4, -0.2) is 4.98 Å². The van der Waals surface area contributed by atoms with Crippen molar-refractivity contribution in [1.29, 1.82) is 5.26 Å². The van der Waals surface area contributed by atoms with E-state index < -0.39 is 7.14 Å². The number of nitriles is 1. The van der Waals surface area contributed by atoms with Gasteiger partial charge in [0, 0.05) is 27.5 Å². The Bertz CT molecular complexity index is 1940. The Morgan fingerprint density at radius 3 is 1.77 bits per heavy atom. The first kappa shape index (κ1) is 26.2. The topological polar surface area (TPSA) is 53.8 Å². The Kier molecular flexibility index (Phi) is 5.73. The molecule has 0 N–H and O–H groups in total. The molecule has 3 nitrogen and oxygen atoms in total. The van der Waals surface area contributed by atoms with Gasteiger partial charge in [-0.1, -0.05) is 97.1 Å². The highest BCUT2D eigenvalue weighted by Gasteiger charge is 2.61. The van der Waals surface area contributed by atoms with E-state index in [2.05, 4.69) is 47.6 Å². The minimum atomic E-state index is -3.03. The molecule has 0 aliphatic heterocycles. The summed E-state index contributed by atoms with van der Waals surface area (Å²) in [6.07, 6.45) is 8.74. The molecule has 44 heavy (non-hydrogen) atoms. The Morgan fingerprint density at radius 2 is 1.18 bits per heavy atom. The maximum Gasteiger partial charge on any atom is 0.171 e. The molecule has 4 heteroatoms. The third-order valence-electron chi connectivity index (χ3n) is 11.4. The van der Waals surface area contributed by atoms with Crippen LogP contribution in [0.25, 0.3) is 22.3 Å². The summed E-state index contributed by atoms with van der Waals surface area (Å²) in [6, 6.07) is 39.4. The molecule has 1 spiro atoms. The van der Waals surface area contributed by atoms with Crippen LogP contribution in [0.15, 0.2) is 115 Å². The molecule has 1 aromatic heterocycles. The van der Waals surface area contributed by atoms with Crippen molar-refractivity contribution in [2.75, 3.05) is 0 Å². The van der Waals surface area contributed by atoms with E-state index in [1.165, 1.54) is 54.4 Å². The summed E-state index contributed by atoms with van der Waals surface area (Å²) in [4.78, 5) is 4.63. The Hall–Kier alpha value is -4.25. The third kappa shape index (κ3) is 3.56. The van der Waals surface area contributed by atoms with Crippen molar-refractivity contribution in [2.45, 2.75) is 37.5 Å². The average molecular weight is 589 g/mol. The summed E-state index contributed by atoms with van der Waals surface area (Å²) < 4.78 is 14.9. The summed E-state index contributed by atoms with van der Waals surface area (Å²) in [5.41, 5.74) is 8.05. The molecule has 214 valence electrons. The lowest BCUT2D eigenvalue weighted by molar-refractivity contribution is -0.0400. The number of rotatable bonds is 4. The second kappa shape index (κ2) is 9.62. The van der Waals surface area contributed by atoms with Crippen molar-refractivity contribution in [3.63, 3.8) is 0 Å². The number of hydrogen-bond donors (Lipinski definition) is 0. The average Bonchev–Trinajstić information content (AvgIpc) is 3.37. The Balaban J connectivity index is 1.16. The molecule has 0 amide bonds. The zero-order valence-corrected chi connectivity index (χ0v) is 25.5. The maximum absolute atomic E-state index is 14.9. The summed E-state index contributed by atoms with van der Waals surface area (Å²) in [7, 11) is -3.03. The number of nitrogens with zero attached hydrogens (tertiary/aromatic N) is 2. The molecule has 4 bridgehead atoms. The van der Waals surface area contributed by atoms with Crippen LogP contribution in [-0.2, 0) is 9.98 Å². The molecular weight excluding hydrogens is 555 g/mol. The lowest BCUT2D eigenvalue weighted by Crippen LogP contribution is -2.55. The van der Waals surface area contributed by atoms with Gasteiger partial charge < -0.3 is 4.57 Å². The standard InChI is InChI=1S/C40H33N2OP/c41-24-32-23-37-36-22-29(13-16-38(36)40(39(37)25-42-32)30-18-26-17-27(20-30)21-31(40)19-26)28-11-14-35(15-12-28)44(43,33-7-3-1-4-8-33)34-9-5-2-6-10-34/h1-16,22-23,25-27,30-31H,17-21H2. The summed E-state index contributed by atoms with van der Waals surface area (Å²) in [5, 5.41) is 12.3. The van der Waals surface area contributed by atoms with Crippen LogP contribution in [0.3, 0.4) is 0 Å². The molecule has 0 unspecified atom stereocenters. The fourth-order valence-corrected chi connectivity index (χ4v) is 12.6. The van der Waals surface area contributed by atoms with Gasteiger partial charge in [-0.05, 0) is 101 Å². The van der Waals surface area contributed by atoms with Gasteiger partial charge in [0.15, 0.2) is 7.14 Å². The third-order valence-corrected chi connectivity index (χ3v) is 14.5. The second-order valence-corrected chi connectivity index (χ2v) is 16.3. The van der Waals surface area contributed by atoms with Crippen molar-refractivity contribution in [1.82, 2.24) is 4.98 Å². The monoisotopic (exact) mass is 588 g/mol. The molecule has 5 aromatic rings. The van der Waals surface area contributed by atoms with Gasteiger partial charge in [0.05, 0.1) is 0 Å². The van der Waals surface area contributed by atoms with E-state index in [0.29, 0.717) is 17.5 Å².